The van der Waals surface area contributed by atoms with Gasteiger partial charge in [-0.2, -0.15) is 0 Å². The normalized spacial score (nSPS) is 25.2. The van der Waals surface area contributed by atoms with Crippen LogP contribution in [-0.2, 0) is 44.2 Å². The molecule has 1 aliphatic carbocycles. The molecule has 4 atom stereocenters. The van der Waals surface area contributed by atoms with Gasteiger partial charge in [0.15, 0.2) is 5.60 Å². The minimum absolute atomic E-state index is 0.0231. The summed E-state index contributed by atoms with van der Waals surface area (Å²) in [6.07, 6.45) is 2.06. The first-order valence-electron chi connectivity index (χ1n) is 14.2. The molecular formula is C30H30FN3O7S2. The Hall–Kier alpha value is -3.13. The number of esters is 1. The molecule has 13 heteroatoms. The molecule has 1 amide bonds. The summed E-state index contributed by atoms with van der Waals surface area (Å²) in [6.45, 7) is 4.14. The average Bonchev–Trinajstić information content (AvgIpc) is 3.58. The molecule has 10 nitrogen and oxygen atoms in total. The number of nitrogens with one attached hydrogen (secondary N) is 1. The number of rotatable bonds is 5. The Balaban J connectivity index is 1.35. The van der Waals surface area contributed by atoms with Gasteiger partial charge in [0.05, 0.1) is 53.5 Å². The first-order chi connectivity index (χ1) is 20.7. The van der Waals surface area contributed by atoms with E-state index in [4.69, 9.17) is 19.2 Å². The van der Waals surface area contributed by atoms with Crippen LogP contribution in [-0.4, -0.2) is 57.5 Å². The third kappa shape index (κ3) is 4.30. The number of aromatic nitrogens is 2. The molecule has 2 aromatic heterocycles. The van der Waals surface area contributed by atoms with Gasteiger partial charge in [-0.05, 0) is 55.2 Å². The zero-order chi connectivity index (χ0) is 30.2. The fourth-order valence-electron chi connectivity index (χ4n) is 6.85. The quantitative estimate of drug-likeness (QED) is 0.247. The fourth-order valence-corrected chi connectivity index (χ4v) is 8.79. The standard InChI is InChI=1S/C30H30FN3O7S2/c1-4-30(38)17-7-21-26-15(9-34(21)27(35)16(17)10-40-28(30)36)25-19(33-29(37)41-22-11-39-12-23(22)43-42-3)6-5-14-13(2)18(31)8-20(32-26)24(14)25/h7-8,19,22-23,38H,4-6,9-12H2,1-3H3,(H,33,37)/t19-,22-,23-,30-/m0/s1. The Kier molecular flexibility index (Phi) is 6.99. The topological polar surface area (TPSA) is 129 Å². The maximum Gasteiger partial charge on any atom is 0.408 e. The van der Waals surface area contributed by atoms with Gasteiger partial charge in [-0.15, -0.1) is 0 Å². The molecule has 0 bridgehead atoms. The number of carbonyl (C=O) groups is 2. The summed E-state index contributed by atoms with van der Waals surface area (Å²) in [4.78, 5) is 44.4. The molecule has 5 heterocycles. The Labute approximate surface area is 254 Å². The Morgan fingerprint density at radius 2 is 2.09 bits per heavy atom. The van der Waals surface area contributed by atoms with Crippen LogP contribution in [0.3, 0.4) is 0 Å². The van der Waals surface area contributed by atoms with Crippen molar-refractivity contribution in [1.29, 1.82) is 0 Å². The molecule has 2 N–H and O–H groups in total. The molecule has 0 radical (unpaired) electrons. The Bertz CT molecular complexity index is 1780. The van der Waals surface area contributed by atoms with Crippen LogP contribution in [0.5, 0.6) is 0 Å². The summed E-state index contributed by atoms with van der Waals surface area (Å²) in [5.41, 5.74) is 2.24. The molecule has 1 aromatic carbocycles. The van der Waals surface area contributed by atoms with Crippen LogP contribution in [0.4, 0.5) is 9.18 Å². The van der Waals surface area contributed by atoms with Gasteiger partial charge in [0.25, 0.3) is 5.56 Å². The first-order valence-corrected chi connectivity index (χ1v) is 16.8. The van der Waals surface area contributed by atoms with Gasteiger partial charge in [-0.25, -0.2) is 19.0 Å². The summed E-state index contributed by atoms with van der Waals surface area (Å²) in [5.74, 6) is -1.18. The van der Waals surface area contributed by atoms with E-state index in [1.54, 1.807) is 46.1 Å². The number of amides is 1. The summed E-state index contributed by atoms with van der Waals surface area (Å²) in [7, 11) is 3.20. The van der Waals surface area contributed by atoms with Crippen molar-refractivity contribution in [3.05, 3.63) is 61.7 Å². The molecule has 3 aliphatic heterocycles. The minimum Gasteiger partial charge on any atom is -0.458 e. The van der Waals surface area contributed by atoms with Crippen molar-refractivity contribution in [2.75, 3.05) is 19.5 Å². The number of aliphatic hydroxyl groups is 1. The highest BCUT2D eigenvalue weighted by atomic mass is 33.1. The molecule has 0 unspecified atom stereocenters. The number of benzene rings is 1. The van der Waals surface area contributed by atoms with Gasteiger partial charge < -0.3 is 29.2 Å². The van der Waals surface area contributed by atoms with E-state index in [-0.39, 0.29) is 53.4 Å². The highest BCUT2D eigenvalue weighted by molar-refractivity contribution is 8.76. The smallest absolute Gasteiger partial charge is 0.408 e. The van der Waals surface area contributed by atoms with Crippen LogP contribution < -0.4 is 10.9 Å². The van der Waals surface area contributed by atoms with Crippen LogP contribution in [0.2, 0.25) is 0 Å². The molecule has 226 valence electrons. The van der Waals surface area contributed by atoms with E-state index < -0.39 is 23.7 Å². The van der Waals surface area contributed by atoms with E-state index in [1.165, 1.54) is 6.07 Å². The van der Waals surface area contributed by atoms with Crippen molar-refractivity contribution in [1.82, 2.24) is 14.9 Å². The Morgan fingerprint density at radius 1 is 1.28 bits per heavy atom. The predicted octanol–water partition coefficient (Wildman–Crippen LogP) is 4.02. The predicted molar refractivity (Wildman–Crippen MR) is 159 cm³/mol. The number of fused-ring (bicyclic) bond motifs is 5. The molecule has 43 heavy (non-hydrogen) atoms. The molecule has 0 spiro atoms. The van der Waals surface area contributed by atoms with Gasteiger partial charge in [0.1, 0.15) is 18.5 Å². The molecule has 0 saturated carbocycles. The van der Waals surface area contributed by atoms with Crippen LogP contribution in [0, 0.1) is 12.7 Å². The van der Waals surface area contributed by atoms with Gasteiger partial charge in [-0.3, -0.25) is 4.79 Å². The van der Waals surface area contributed by atoms with E-state index in [0.29, 0.717) is 48.5 Å². The lowest BCUT2D eigenvalue weighted by molar-refractivity contribution is -0.172. The Morgan fingerprint density at radius 3 is 2.86 bits per heavy atom. The number of cyclic esters (lactones) is 1. The van der Waals surface area contributed by atoms with Gasteiger partial charge in [0, 0.05) is 22.6 Å². The lowest BCUT2D eigenvalue weighted by atomic mass is 9.81. The maximum absolute atomic E-state index is 15.1. The largest absolute Gasteiger partial charge is 0.458 e. The summed E-state index contributed by atoms with van der Waals surface area (Å²) in [6, 6.07) is 2.54. The SMILES string of the molecule is CC[C@@]1(O)C(=O)OCc2c1cc1n(c2=O)Cc2c-1nc1cc(F)c(C)c3c1c2[C@@H](NC(=O)O[C@H]1COC[C@@H]1SSC)CC3. The first kappa shape index (κ1) is 28.6. The molecule has 1 fully saturated rings. The maximum atomic E-state index is 15.1. The van der Waals surface area contributed by atoms with Crippen molar-refractivity contribution in [3.8, 4) is 11.4 Å². The van der Waals surface area contributed by atoms with Crippen molar-refractivity contribution < 1.29 is 33.3 Å². The van der Waals surface area contributed by atoms with Crippen molar-refractivity contribution in [2.24, 2.45) is 0 Å². The van der Waals surface area contributed by atoms with Crippen LogP contribution in [0.15, 0.2) is 16.9 Å². The number of carbonyl (C=O) groups excluding carboxylic acids is 2. The van der Waals surface area contributed by atoms with Crippen molar-refractivity contribution in [3.63, 3.8) is 0 Å². The summed E-state index contributed by atoms with van der Waals surface area (Å²) >= 11 is 0. The lowest BCUT2D eigenvalue weighted by Gasteiger charge is -2.31. The van der Waals surface area contributed by atoms with Crippen LogP contribution >= 0.6 is 21.6 Å². The highest BCUT2D eigenvalue weighted by Crippen LogP contribution is 2.46. The third-order valence-electron chi connectivity index (χ3n) is 9.13. The van der Waals surface area contributed by atoms with E-state index in [0.717, 1.165) is 22.1 Å². The van der Waals surface area contributed by atoms with E-state index in [9.17, 15) is 19.5 Å². The van der Waals surface area contributed by atoms with E-state index >= 15 is 4.39 Å². The number of nitrogens with zero attached hydrogens (tertiary/aromatic N) is 2. The van der Waals surface area contributed by atoms with Crippen molar-refractivity contribution >= 4 is 44.6 Å². The molecule has 4 aliphatic rings. The molecule has 3 aromatic rings. The number of pyridine rings is 2. The fraction of sp³-hybridized carbons (Fsp3) is 0.467. The summed E-state index contributed by atoms with van der Waals surface area (Å²) < 4.78 is 33.2. The second-order valence-electron chi connectivity index (χ2n) is 11.3. The zero-order valence-corrected chi connectivity index (χ0v) is 25.5. The highest BCUT2D eigenvalue weighted by Gasteiger charge is 2.46. The number of ether oxygens (including phenoxy) is 3. The minimum atomic E-state index is -1.96. The van der Waals surface area contributed by atoms with E-state index in [2.05, 4.69) is 5.32 Å². The average molecular weight is 628 g/mol. The van der Waals surface area contributed by atoms with E-state index in [1.807, 2.05) is 6.26 Å². The van der Waals surface area contributed by atoms with Gasteiger partial charge in [-0.1, -0.05) is 28.5 Å². The van der Waals surface area contributed by atoms with Crippen LogP contribution in [0.1, 0.15) is 59.2 Å². The molecular weight excluding hydrogens is 597 g/mol. The second-order valence-corrected chi connectivity index (χ2v) is 14.0. The molecule has 1 saturated heterocycles. The number of hydrogen-bond donors (Lipinski definition) is 2. The summed E-state index contributed by atoms with van der Waals surface area (Å²) in [5, 5.41) is 15.1. The van der Waals surface area contributed by atoms with Crippen LogP contribution in [0.25, 0.3) is 22.3 Å². The number of hydrogen-bond acceptors (Lipinski definition) is 10. The molecule has 7 rings (SSSR count). The number of halogens is 1. The number of aryl methyl sites for hydroxylation is 1. The van der Waals surface area contributed by atoms with Gasteiger partial charge >= 0.3 is 12.1 Å². The monoisotopic (exact) mass is 627 g/mol. The zero-order valence-electron chi connectivity index (χ0n) is 23.8. The second kappa shape index (κ2) is 10.5. The van der Waals surface area contributed by atoms with Gasteiger partial charge in [0.2, 0.25) is 0 Å². The van der Waals surface area contributed by atoms with Crippen molar-refractivity contribution in [2.45, 2.75) is 69.3 Å². The third-order valence-corrected chi connectivity index (χ3v) is 11.3. The number of alkyl carbamates (subject to hydrolysis) is 1. The lowest BCUT2D eigenvalue weighted by Crippen LogP contribution is -2.44.